The highest BCUT2D eigenvalue weighted by Crippen LogP contribution is 2.28. The summed E-state index contributed by atoms with van der Waals surface area (Å²) >= 11 is 0. The van der Waals surface area contributed by atoms with Crippen LogP contribution in [0.2, 0.25) is 0 Å². The fraction of sp³-hybridized carbons (Fsp3) is 0.214. The number of nitro groups is 1. The molecule has 6 nitrogen and oxygen atoms in total. The Bertz CT molecular complexity index is 704. The third-order valence-electron chi connectivity index (χ3n) is 2.87. The molecule has 0 saturated carbocycles. The van der Waals surface area contributed by atoms with Crippen molar-refractivity contribution in [1.29, 1.82) is 0 Å². The maximum Gasteiger partial charge on any atom is 0.314 e. The van der Waals surface area contributed by atoms with E-state index < -0.39 is 15.7 Å². The molecule has 110 valence electrons. The van der Waals surface area contributed by atoms with Crippen LogP contribution in [0.15, 0.2) is 36.5 Å². The summed E-state index contributed by atoms with van der Waals surface area (Å²) in [6.45, 7) is 1.67. The summed E-state index contributed by atoms with van der Waals surface area (Å²) in [4.78, 5) is 14.7. The molecule has 1 aromatic carbocycles. The summed E-state index contributed by atoms with van der Waals surface area (Å²) in [5.74, 6) is 0.647. The highest BCUT2D eigenvalue weighted by Gasteiger charge is 2.18. The average molecular weight is 305 g/mol. The van der Waals surface area contributed by atoms with Gasteiger partial charge in [-0.1, -0.05) is 12.1 Å². The number of benzene rings is 1. The van der Waals surface area contributed by atoms with Crippen LogP contribution in [0.1, 0.15) is 11.1 Å². The van der Waals surface area contributed by atoms with Crippen molar-refractivity contribution < 1.29 is 9.13 Å². The fourth-order valence-electron chi connectivity index (χ4n) is 1.98. The summed E-state index contributed by atoms with van der Waals surface area (Å²) < 4.78 is 11.3. The highest BCUT2D eigenvalue weighted by atomic mass is 32.2. The minimum atomic E-state index is -0.938. The van der Waals surface area contributed by atoms with Crippen LogP contribution < -0.4 is 5.32 Å². The normalized spacial score (nSPS) is 11.9. The largest absolute Gasteiger partial charge is 0.334 e. The van der Waals surface area contributed by atoms with Crippen molar-refractivity contribution in [3.63, 3.8) is 0 Å². The zero-order chi connectivity index (χ0) is 15.4. The van der Waals surface area contributed by atoms with Crippen molar-refractivity contribution in [3.8, 4) is 0 Å². The van der Waals surface area contributed by atoms with Gasteiger partial charge in [0.05, 0.1) is 4.92 Å². The molecular weight excluding hydrogens is 290 g/mol. The number of aromatic nitrogens is 1. The molecule has 0 bridgehead atoms. The monoisotopic (exact) mass is 305 g/mol. The van der Waals surface area contributed by atoms with Crippen molar-refractivity contribution in [3.05, 3.63) is 57.8 Å². The van der Waals surface area contributed by atoms with E-state index in [4.69, 9.17) is 0 Å². The Balaban J connectivity index is 2.32. The van der Waals surface area contributed by atoms with Gasteiger partial charge in [-0.05, 0) is 30.7 Å². The molecule has 0 amide bonds. The van der Waals surface area contributed by atoms with Gasteiger partial charge in [0, 0.05) is 40.3 Å². The minimum absolute atomic E-state index is 0.0398. The number of hydrogen-bond donors (Lipinski definition) is 1. The number of nitrogens with one attached hydrogen (secondary N) is 1. The summed E-state index contributed by atoms with van der Waals surface area (Å²) in [7, 11) is -0.938. The van der Waals surface area contributed by atoms with Gasteiger partial charge in [-0.3, -0.25) is 14.3 Å². The molecule has 2 aromatic rings. The lowest BCUT2D eigenvalue weighted by Gasteiger charge is -2.08. The first kappa shape index (κ1) is 15.1. The molecule has 2 rings (SSSR count). The summed E-state index contributed by atoms with van der Waals surface area (Å²) in [6.07, 6.45) is 3.16. The standard InChI is InChI=1S/C14H15N3O3S/c1-10-6-7-15-14(13(10)17(18)19)16-12-5-3-4-11(8-12)9-21(2)20/h3-8H,9H2,1-2H3,(H,15,16). The van der Waals surface area contributed by atoms with Gasteiger partial charge >= 0.3 is 5.69 Å². The highest BCUT2D eigenvalue weighted by molar-refractivity contribution is 7.83. The van der Waals surface area contributed by atoms with Gasteiger partial charge in [-0.25, -0.2) is 4.98 Å². The number of anilines is 2. The quantitative estimate of drug-likeness (QED) is 0.678. The van der Waals surface area contributed by atoms with E-state index in [1.54, 1.807) is 25.3 Å². The van der Waals surface area contributed by atoms with E-state index >= 15 is 0 Å². The molecule has 0 aliphatic rings. The molecule has 1 aromatic heterocycles. The van der Waals surface area contributed by atoms with Crippen LogP contribution >= 0.6 is 0 Å². The van der Waals surface area contributed by atoms with E-state index in [-0.39, 0.29) is 11.5 Å². The predicted molar refractivity (Wildman–Crippen MR) is 83.1 cm³/mol. The average Bonchev–Trinajstić information content (AvgIpc) is 2.37. The first-order valence-electron chi connectivity index (χ1n) is 6.23. The van der Waals surface area contributed by atoms with E-state index in [1.807, 2.05) is 18.2 Å². The zero-order valence-corrected chi connectivity index (χ0v) is 12.5. The zero-order valence-electron chi connectivity index (χ0n) is 11.7. The Kier molecular flexibility index (Phi) is 4.64. The second-order valence-corrected chi connectivity index (χ2v) is 6.06. The van der Waals surface area contributed by atoms with Crippen LogP contribution in [0.25, 0.3) is 0 Å². The maximum absolute atomic E-state index is 11.3. The molecule has 1 N–H and O–H groups in total. The van der Waals surface area contributed by atoms with Crippen molar-refractivity contribution in [2.24, 2.45) is 0 Å². The van der Waals surface area contributed by atoms with Gasteiger partial charge < -0.3 is 5.32 Å². The molecule has 0 aliphatic heterocycles. The van der Waals surface area contributed by atoms with Gasteiger partial charge in [0.15, 0.2) is 0 Å². The topological polar surface area (TPSA) is 85.1 Å². The van der Waals surface area contributed by atoms with Crippen LogP contribution in [0, 0.1) is 17.0 Å². The Morgan fingerprint density at radius 3 is 2.81 bits per heavy atom. The van der Waals surface area contributed by atoms with Gasteiger partial charge in [0.2, 0.25) is 5.82 Å². The molecule has 1 heterocycles. The fourth-order valence-corrected chi connectivity index (χ4v) is 2.63. The SMILES string of the molecule is Cc1ccnc(Nc2cccc(CS(C)=O)c2)c1[N+](=O)[O-]. The Morgan fingerprint density at radius 1 is 1.38 bits per heavy atom. The number of rotatable bonds is 5. The lowest BCUT2D eigenvalue weighted by molar-refractivity contribution is -0.384. The lowest BCUT2D eigenvalue weighted by Crippen LogP contribution is -2.02. The van der Waals surface area contributed by atoms with Crippen LogP contribution in [-0.4, -0.2) is 20.4 Å². The van der Waals surface area contributed by atoms with Crippen molar-refractivity contribution in [2.45, 2.75) is 12.7 Å². The molecule has 0 aliphatic carbocycles. The first-order valence-corrected chi connectivity index (χ1v) is 7.96. The van der Waals surface area contributed by atoms with Gasteiger partial charge in [-0.15, -0.1) is 0 Å². The molecule has 0 radical (unpaired) electrons. The van der Waals surface area contributed by atoms with E-state index in [2.05, 4.69) is 10.3 Å². The summed E-state index contributed by atoms with van der Waals surface area (Å²) in [5, 5.41) is 14.1. The molecule has 0 fully saturated rings. The summed E-state index contributed by atoms with van der Waals surface area (Å²) in [6, 6.07) is 8.88. The van der Waals surface area contributed by atoms with Crippen molar-refractivity contribution in [2.75, 3.05) is 11.6 Å². The van der Waals surface area contributed by atoms with Crippen molar-refractivity contribution >= 4 is 28.0 Å². The number of pyridine rings is 1. The molecule has 21 heavy (non-hydrogen) atoms. The van der Waals surface area contributed by atoms with E-state index in [0.29, 0.717) is 17.0 Å². The van der Waals surface area contributed by atoms with Gasteiger partial charge in [0.1, 0.15) is 0 Å². The minimum Gasteiger partial charge on any atom is -0.334 e. The third-order valence-corrected chi connectivity index (χ3v) is 3.61. The number of nitrogens with zero attached hydrogens (tertiary/aromatic N) is 2. The van der Waals surface area contributed by atoms with Crippen LogP contribution in [0.3, 0.4) is 0 Å². The lowest BCUT2D eigenvalue weighted by atomic mass is 10.2. The Hall–Kier alpha value is -2.28. The number of aryl methyl sites for hydroxylation is 1. The van der Waals surface area contributed by atoms with Crippen LogP contribution in [-0.2, 0) is 16.6 Å². The smallest absolute Gasteiger partial charge is 0.314 e. The molecule has 1 unspecified atom stereocenters. The second-order valence-electron chi connectivity index (χ2n) is 4.63. The van der Waals surface area contributed by atoms with E-state index in [1.165, 1.54) is 6.20 Å². The Labute approximate surface area is 124 Å². The van der Waals surface area contributed by atoms with E-state index in [0.717, 1.165) is 5.56 Å². The van der Waals surface area contributed by atoms with Gasteiger partial charge in [-0.2, -0.15) is 0 Å². The third kappa shape index (κ3) is 3.85. The molecule has 7 heteroatoms. The number of hydrogen-bond acceptors (Lipinski definition) is 5. The molecule has 0 saturated heterocycles. The summed E-state index contributed by atoms with van der Waals surface area (Å²) in [5.41, 5.74) is 2.08. The maximum atomic E-state index is 11.3. The van der Waals surface area contributed by atoms with E-state index in [9.17, 15) is 14.3 Å². The molecule has 1 atom stereocenters. The van der Waals surface area contributed by atoms with Crippen LogP contribution in [0.4, 0.5) is 17.2 Å². The second kappa shape index (κ2) is 6.45. The first-order chi connectivity index (χ1) is 9.97. The predicted octanol–water partition coefficient (Wildman–Crippen LogP) is 2.92. The van der Waals surface area contributed by atoms with Crippen molar-refractivity contribution in [1.82, 2.24) is 4.98 Å². The molecule has 0 spiro atoms. The molecular formula is C14H15N3O3S. The Morgan fingerprint density at radius 2 is 2.14 bits per heavy atom. The van der Waals surface area contributed by atoms with Gasteiger partial charge in [0.25, 0.3) is 0 Å². The van der Waals surface area contributed by atoms with Crippen LogP contribution in [0.5, 0.6) is 0 Å².